The van der Waals surface area contributed by atoms with Crippen molar-refractivity contribution in [1.82, 2.24) is 9.55 Å². The number of hydrogen-bond donors (Lipinski definition) is 2. The lowest BCUT2D eigenvalue weighted by molar-refractivity contribution is -0.0420. The minimum absolute atomic E-state index is 0.297. The van der Waals surface area contributed by atoms with Crippen molar-refractivity contribution in [2.45, 2.75) is 32.4 Å². The molecule has 2 rings (SSSR count). The van der Waals surface area contributed by atoms with Gasteiger partial charge in [0.15, 0.2) is 12.4 Å². The summed E-state index contributed by atoms with van der Waals surface area (Å²) in [6, 6.07) is 0. The summed E-state index contributed by atoms with van der Waals surface area (Å²) in [5.74, 6) is -0.515. The molecule has 1 aliphatic rings. The van der Waals surface area contributed by atoms with E-state index in [2.05, 4.69) is 4.98 Å². The van der Waals surface area contributed by atoms with Gasteiger partial charge in [-0.2, -0.15) is 0 Å². The third kappa shape index (κ3) is 1.99. The summed E-state index contributed by atoms with van der Waals surface area (Å²) in [6.07, 6.45) is -1.90. The highest BCUT2D eigenvalue weighted by Gasteiger charge is 2.43. The Bertz CT molecular complexity index is 553. The number of ether oxygens (including phenoxy) is 1. The minimum Gasteiger partial charge on any atom is -0.394 e. The summed E-state index contributed by atoms with van der Waals surface area (Å²) in [7, 11) is 0. The third-order valence-corrected chi connectivity index (χ3v) is 3.28. The zero-order valence-corrected chi connectivity index (χ0v) is 10.1. The van der Waals surface area contributed by atoms with Crippen LogP contribution < -0.4 is 11.2 Å². The van der Waals surface area contributed by atoms with Crippen molar-refractivity contribution in [3.8, 4) is 0 Å². The van der Waals surface area contributed by atoms with Gasteiger partial charge in [0.05, 0.1) is 12.7 Å². The summed E-state index contributed by atoms with van der Waals surface area (Å²) in [4.78, 5) is 24.9. The second kappa shape index (κ2) is 4.66. The predicted molar refractivity (Wildman–Crippen MR) is 61.1 cm³/mol. The largest absolute Gasteiger partial charge is 0.394 e. The second-order valence-electron chi connectivity index (χ2n) is 4.53. The van der Waals surface area contributed by atoms with E-state index in [-0.39, 0.29) is 6.61 Å². The highest BCUT2D eigenvalue weighted by atomic mass is 19.1. The van der Waals surface area contributed by atoms with Crippen LogP contribution in [0.2, 0.25) is 0 Å². The Morgan fingerprint density at radius 2 is 2.22 bits per heavy atom. The molecular weight excluding hydrogens is 243 g/mol. The Hall–Kier alpha value is -1.47. The van der Waals surface area contributed by atoms with Crippen LogP contribution in [0.5, 0.6) is 0 Å². The van der Waals surface area contributed by atoms with Crippen LogP contribution >= 0.6 is 0 Å². The summed E-state index contributed by atoms with van der Waals surface area (Å²) in [6.45, 7) is 2.81. The number of halogens is 1. The standard InChI is InChI=1S/C11H15FN2O4/c1-5-3-14(11(17)13-9(5)16)10-8(12)6(2)7(4-15)18-10/h3,6-8,10,15H,4H2,1-2H3,(H,13,16,17)/t6-,7-,8-,10-/m1/s1. The van der Waals surface area contributed by atoms with E-state index in [1.165, 1.54) is 13.1 Å². The van der Waals surface area contributed by atoms with E-state index >= 15 is 0 Å². The van der Waals surface area contributed by atoms with Gasteiger partial charge in [-0.25, -0.2) is 9.18 Å². The molecule has 7 heteroatoms. The summed E-state index contributed by atoms with van der Waals surface area (Å²) in [5, 5.41) is 9.05. The Morgan fingerprint density at radius 3 is 2.78 bits per heavy atom. The van der Waals surface area contributed by atoms with E-state index in [1.807, 2.05) is 0 Å². The molecule has 0 bridgehead atoms. The van der Waals surface area contributed by atoms with E-state index < -0.39 is 35.7 Å². The van der Waals surface area contributed by atoms with Gasteiger partial charge in [0.1, 0.15) is 0 Å². The average molecular weight is 258 g/mol. The van der Waals surface area contributed by atoms with Gasteiger partial charge in [0, 0.05) is 17.7 Å². The van der Waals surface area contributed by atoms with Gasteiger partial charge in [-0.05, 0) is 6.92 Å². The molecule has 0 saturated carbocycles. The fraction of sp³-hybridized carbons (Fsp3) is 0.636. The molecule has 0 amide bonds. The molecule has 1 aromatic heterocycles. The van der Waals surface area contributed by atoms with Gasteiger partial charge >= 0.3 is 5.69 Å². The molecule has 1 fully saturated rings. The van der Waals surface area contributed by atoms with E-state index in [0.29, 0.717) is 5.56 Å². The normalized spacial score (nSPS) is 31.8. The molecule has 1 aromatic rings. The molecule has 0 aliphatic carbocycles. The van der Waals surface area contributed by atoms with Crippen molar-refractivity contribution in [3.05, 3.63) is 32.6 Å². The lowest BCUT2D eigenvalue weighted by Gasteiger charge is -2.16. The van der Waals surface area contributed by atoms with Crippen LogP contribution in [-0.4, -0.2) is 33.5 Å². The highest BCUT2D eigenvalue weighted by Crippen LogP contribution is 2.34. The topological polar surface area (TPSA) is 84.3 Å². The number of aromatic amines is 1. The van der Waals surface area contributed by atoms with Crippen molar-refractivity contribution in [1.29, 1.82) is 0 Å². The molecular formula is C11H15FN2O4. The molecule has 6 nitrogen and oxygen atoms in total. The van der Waals surface area contributed by atoms with Gasteiger partial charge in [-0.3, -0.25) is 14.3 Å². The van der Waals surface area contributed by atoms with Crippen LogP contribution in [-0.2, 0) is 4.74 Å². The zero-order chi connectivity index (χ0) is 13.4. The molecule has 1 saturated heterocycles. The number of aliphatic hydroxyl groups is 1. The highest BCUT2D eigenvalue weighted by molar-refractivity contribution is 5.02. The van der Waals surface area contributed by atoms with E-state index in [0.717, 1.165) is 4.57 Å². The van der Waals surface area contributed by atoms with Gasteiger partial charge < -0.3 is 9.84 Å². The number of H-pyrrole nitrogens is 1. The third-order valence-electron chi connectivity index (χ3n) is 3.28. The number of nitrogens with one attached hydrogen (secondary N) is 1. The molecule has 18 heavy (non-hydrogen) atoms. The van der Waals surface area contributed by atoms with E-state index in [1.54, 1.807) is 6.92 Å². The zero-order valence-electron chi connectivity index (χ0n) is 10.1. The van der Waals surface area contributed by atoms with Crippen LogP contribution in [0.15, 0.2) is 15.8 Å². The molecule has 0 aromatic carbocycles. The van der Waals surface area contributed by atoms with Crippen molar-refractivity contribution in [3.63, 3.8) is 0 Å². The van der Waals surface area contributed by atoms with Crippen molar-refractivity contribution in [2.75, 3.05) is 6.61 Å². The van der Waals surface area contributed by atoms with Gasteiger partial charge in [0.25, 0.3) is 5.56 Å². The van der Waals surface area contributed by atoms with Gasteiger partial charge in [-0.1, -0.05) is 6.92 Å². The number of nitrogens with zero attached hydrogens (tertiary/aromatic N) is 1. The monoisotopic (exact) mass is 258 g/mol. The first-order valence-corrected chi connectivity index (χ1v) is 5.68. The number of aromatic nitrogens is 2. The first-order valence-electron chi connectivity index (χ1n) is 5.68. The number of hydrogen-bond acceptors (Lipinski definition) is 4. The lowest BCUT2D eigenvalue weighted by atomic mass is 10.0. The summed E-state index contributed by atoms with van der Waals surface area (Å²) >= 11 is 0. The van der Waals surface area contributed by atoms with Crippen LogP contribution in [0.25, 0.3) is 0 Å². The number of alkyl halides is 1. The summed E-state index contributed by atoms with van der Waals surface area (Å²) in [5.41, 5.74) is -0.925. The van der Waals surface area contributed by atoms with Crippen LogP contribution in [0, 0.1) is 12.8 Å². The minimum atomic E-state index is -1.41. The van der Waals surface area contributed by atoms with Crippen LogP contribution in [0.4, 0.5) is 4.39 Å². The van der Waals surface area contributed by atoms with Crippen molar-refractivity contribution < 1.29 is 14.2 Å². The molecule has 2 N–H and O–H groups in total. The number of aryl methyl sites for hydroxylation is 1. The van der Waals surface area contributed by atoms with E-state index in [4.69, 9.17) is 9.84 Å². The average Bonchev–Trinajstić information content (AvgIpc) is 2.61. The Kier molecular flexibility index (Phi) is 3.36. The number of aliphatic hydroxyl groups excluding tert-OH is 1. The van der Waals surface area contributed by atoms with Crippen molar-refractivity contribution >= 4 is 0 Å². The van der Waals surface area contributed by atoms with Crippen LogP contribution in [0.1, 0.15) is 18.7 Å². The predicted octanol–water partition coefficient (Wildman–Crippen LogP) is -0.291. The van der Waals surface area contributed by atoms with E-state index in [9.17, 15) is 14.0 Å². The maximum Gasteiger partial charge on any atom is 0.330 e. The Balaban J connectivity index is 2.42. The quantitative estimate of drug-likeness (QED) is 0.763. The van der Waals surface area contributed by atoms with Crippen molar-refractivity contribution in [2.24, 2.45) is 5.92 Å². The van der Waals surface area contributed by atoms with Gasteiger partial charge in [-0.15, -0.1) is 0 Å². The molecule has 0 unspecified atom stereocenters. The SMILES string of the molecule is Cc1cn([C@@H]2O[C@H](CO)[C@@H](C)[C@H]2F)c(=O)[nH]c1=O. The fourth-order valence-electron chi connectivity index (χ4n) is 2.05. The molecule has 4 atom stereocenters. The fourth-order valence-corrected chi connectivity index (χ4v) is 2.05. The summed E-state index contributed by atoms with van der Waals surface area (Å²) < 4.78 is 20.4. The smallest absolute Gasteiger partial charge is 0.330 e. The Morgan fingerprint density at radius 1 is 1.56 bits per heavy atom. The second-order valence-corrected chi connectivity index (χ2v) is 4.53. The molecule has 1 aliphatic heterocycles. The lowest BCUT2D eigenvalue weighted by Crippen LogP contribution is -2.36. The molecule has 100 valence electrons. The van der Waals surface area contributed by atoms with Gasteiger partial charge in [0.2, 0.25) is 0 Å². The maximum atomic E-state index is 14.0. The molecule has 2 heterocycles. The number of rotatable bonds is 2. The molecule has 0 radical (unpaired) electrons. The first kappa shape index (κ1) is 13.0. The maximum absolute atomic E-state index is 14.0. The first-order chi connectivity index (χ1) is 8.45. The Labute approximate surface area is 102 Å². The van der Waals surface area contributed by atoms with Crippen LogP contribution in [0.3, 0.4) is 0 Å². The molecule has 0 spiro atoms.